The molecule has 4 nitrogen and oxygen atoms in total. The van der Waals surface area contributed by atoms with E-state index in [1.165, 1.54) is 6.92 Å². The first kappa shape index (κ1) is 10.5. The smallest absolute Gasteiger partial charge is 0.306 e. The van der Waals surface area contributed by atoms with E-state index in [1.807, 2.05) is 0 Å². The van der Waals surface area contributed by atoms with Crippen LogP contribution in [0.3, 0.4) is 0 Å². The molecule has 0 aromatic carbocycles. The first-order chi connectivity index (χ1) is 7.08. The van der Waals surface area contributed by atoms with Gasteiger partial charge >= 0.3 is 5.97 Å². The molecule has 2 saturated carbocycles. The second-order valence-corrected chi connectivity index (χ2v) is 4.83. The van der Waals surface area contributed by atoms with Crippen molar-refractivity contribution in [3.8, 4) is 0 Å². The van der Waals surface area contributed by atoms with E-state index in [0.717, 1.165) is 25.7 Å². The third-order valence-electron chi connectivity index (χ3n) is 3.82. The van der Waals surface area contributed by atoms with E-state index >= 15 is 0 Å². The molecule has 4 atom stereocenters. The van der Waals surface area contributed by atoms with Crippen molar-refractivity contribution in [2.24, 2.45) is 17.8 Å². The minimum absolute atomic E-state index is 0.00525. The van der Waals surface area contributed by atoms with Crippen molar-refractivity contribution >= 4 is 11.9 Å². The number of hydrogen-bond acceptors (Lipinski definition) is 2. The Bertz CT molecular complexity index is 276. The van der Waals surface area contributed by atoms with Crippen molar-refractivity contribution in [1.82, 2.24) is 5.32 Å². The summed E-state index contributed by atoms with van der Waals surface area (Å²) in [6, 6.07) is 0.234. The van der Waals surface area contributed by atoms with Gasteiger partial charge in [-0.15, -0.1) is 0 Å². The standard InChI is InChI=1S/C11H17NO3/c1-6(13)12-10-7-2-3-8(10)5-9(4-7)11(14)15/h7-10H,2-5H2,1H3,(H,12,13)(H,14,15)/t7-,8+,9?,10?. The molecule has 4 heteroatoms. The third-order valence-corrected chi connectivity index (χ3v) is 3.82. The van der Waals surface area contributed by atoms with Gasteiger partial charge in [0.25, 0.3) is 0 Å². The third kappa shape index (κ3) is 1.98. The summed E-state index contributed by atoms with van der Waals surface area (Å²) in [6.45, 7) is 1.53. The quantitative estimate of drug-likeness (QED) is 0.716. The minimum Gasteiger partial charge on any atom is -0.481 e. The molecule has 2 N–H and O–H groups in total. The van der Waals surface area contributed by atoms with E-state index < -0.39 is 5.97 Å². The van der Waals surface area contributed by atoms with Crippen molar-refractivity contribution in [2.75, 3.05) is 0 Å². The number of fused-ring (bicyclic) bond motifs is 2. The van der Waals surface area contributed by atoms with Crippen LogP contribution in [0, 0.1) is 17.8 Å². The number of carboxylic acids is 1. The molecule has 2 rings (SSSR count). The molecular weight excluding hydrogens is 194 g/mol. The largest absolute Gasteiger partial charge is 0.481 e. The number of amides is 1. The normalized spacial score (nSPS) is 38.7. The van der Waals surface area contributed by atoms with E-state index in [4.69, 9.17) is 5.11 Å². The first-order valence-corrected chi connectivity index (χ1v) is 5.58. The number of aliphatic carboxylic acids is 1. The predicted octanol–water partition coefficient (Wildman–Crippen LogP) is 1.01. The van der Waals surface area contributed by atoms with Crippen LogP contribution in [0.15, 0.2) is 0 Å². The van der Waals surface area contributed by atoms with Gasteiger partial charge in [0.2, 0.25) is 5.91 Å². The molecule has 15 heavy (non-hydrogen) atoms. The van der Waals surface area contributed by atoms with E-state index in [-0.39, 0.29) is 17.9 Å². The van der Waals surface area contributed by atoms with Crippen molar-refractivity contribution in [2.45, 2.75) is 38.6 Å². The topological polar surface area (TPSA) is 66.4 Å². The average molecular weight is 211 g/mol. The van der Waals surface area contributed by atoms with E-state index in [1.54, 1.807) is 0 Å². The fourth-order valence-electron chi connectivity index (χ4n) is 3.20. The van der Waals surface area contributed by atoms with Gasteiger partial charge in [-0.2, -0.15) is 0 Å². The number of nitrogens with one attached hydrogen (secondary N) is 1. The molecule has 0 aliphatic heterocycles. The lowest BCUT2D eigenvalue weighted by Crippen LogP contribution is -2.45. The van der Waals surface area contributed by atoms with Crippen molar-refractivity contribution in [1.29, 1.82) is 0 Å². The van der Waals surface area contributed by atoms with Gasteiger partial charge in [-0.25, -0.2) is 0 Å². The molecule has 2 bridgehead atoms. The van der Waals surface area contributed by atoms with Gasteiger partial charge in [0.1, 0.15) is 0 Å². The molecule has 84 valence electrons. The van der Waals surface area contributed by atoms with E-state index in [0.29, 0.717) is 11.8 Å². The van der Waals surface area contributed by atoms with E-state index in [9.17, 15) is 9.59 Å². The van der Waals surface area contributed by atoms with Crippen molar-refractivity contribution in [3.63, 3.8) is 0 Å². The van der Waals surface area contributed by atoms with Gasteiger partial charge < -0.3 is 10.4 Å². The van der Waals surface area contributed by atoms with Crippen LogP contribution in [0.4, 0.5) is 0 Å². The van der Waals surface area contributed by atoms with Gasteiger partial charge in [0.15, 0.2) is 0 Å². The molecule has 0 aromatic heterocycles. The molecule has 0 radical (unpaired) electrons. The molecule has 2 unspecified atom stereocenters. The Balaban J connectivity index is 2.03. The second kappa shape index (κ2) is 3.83. The highest BCUT2D eigenvalue weighted by Crippen LogP contribution is 2.44. The fraction of sp³-hybridized carbons (Fsp3) is 0.818. The van der Waals surface area contributed by atoms with Gasteiger partial charge in [-0.05, 0) is 37.5 Å². The number of carboxylic acid groups (broad SMARTS) is 1. The van der Waals surface area contributed by atoms with Gasteiger partial charge in [-0.3, -0.25) is 9.59 Å². The summed E-state index contributed by atoms with van der Waals surface area (Å²) < 4.78 is 0. The lowest BCUT2D eigenvalue weighted by molar-refractivity contribution is -0.143. The van der Waals surface area contributed by atoms with Crippen LogP contribution in [0.2, 0.25) is 0 Å². The highest BCUT2D eigenvalue weighted by molar-refractivity contribution is 5.73. The summed E-state index contributed by atoms with van der Waals surface area (Å²) >= 11 is 0. The maximum Gasteiger partial charge on any atom is 0.306 e. The Labute approximate surface area is 89.0 Å². The average Bonchev–Trinajstić information content (AvgIpc) is 2.40. The summed E-state index contributed by atoms with van der Waals surface area (Å²) in [5.41, 5.74) is 0. The lowest BCUT2D eigenvalue weighted by Gasteiger charge is -2.33. The Kier molecular flexibility index (Phi) is 2.67. The fourth-order valence-corrected chi connectivity index (χ4v) is 3.20. The number of carbonyl (C=O) groups excluding carboxylic acids is 1. The zero-order valence-corrected chi connectivity index (χ0v) is 8.90. The summed E-state index contributed by atoms with van der Waals surface area (Å²) in [4.78, 5) is 21.9. The summed E-state index contributed by atoms with van der Waals surface area (Å²) in [5.74, 6) is -0.0890. The predicted molar refractivity (Wildman–Crippen MR) is 54.2 cm³/mol. The van der Waals surface area contributed by atoms with Crippen molar-refractivity contribution in [3.05, 3.63) is 0 Å². The molecule has 0 aromatic rings. The summed E-state index contributed by atoms with van der Waals surface area (Å²) in [5, 5.41) is 12.0. The summed E-state index contributed by atoms with van der Waals surface area (Å²) in [7, 11) is 0. The Hall–Kier alpha value is -1.06. The maximum atomic E-state index is 11.0. The zero-order valence-electron chi connectivity index (χ0n) is 8.90. The van der Waals surface area contributed by atoms with Crippen LogP contribution in [0.25, 0.3) is 0 Å². The molecule has 0 saturated heterocycles. The molecule has 0 spiro atoms. The minimum atomic E-state index is -0.673. The molecule has 2 fully saturated rings. The van der Waals surface area contributed by atoms with Crippen LogP contribution in [0.1, 0.15) is 32.6 Å². The van der Waals surface area contributed by atoms with Gasteiger partial charge in [-0.1, -0.05) is 0 Å². The van der Waals surface area contributed by atoms with Crippen LogP contribution >= 0.6 is 0 Å². The molecule has 1 amide bonds. The zero-order chi connectivity index (χ0) is 11.0. The van der Waals surface area contributed by atoms with Crippen LogP contribution in [0.5, 0.6) is 0 Å². The highest BCUT2D eigenvalue weighted by atomic mass is 16.4. The Morgan fingerprint density at radius 2 is 1.73 bits per heavy atom. The van der Waals surface area contributed by atoms with Crippen LogP contribution in [-0.4, -0.2) is 23.0 Å². The molecular formula is C11H17NO3. The Morgan fingerprint density at radius 3 is 2.13 bits per heavy atom. The van der Waals surface area contributed by atoms with Crippen LogP contribution in [-0.2, 0) is 9.59 Å². The Morgan fingerprint density at radius 1 is 1.20 bits per heavy atom. The number of hydrogen-bond donors (Lipinski definition) is 2. The molecule has 0 heterocycles. The van der Waals surface area contributed by atoms with Crippen molar-refractivity contribution < 1.29 is 14.7 Å². The van der Waals surface area contributed by atoms with Gasteiger partial charge in [0.05, 0.1) is 5.92 Å². The number of rotatable bonds is 2. The number of carbonyl (C=O) groups is 2. The van der Waals surface area contributed by atoms with Crippen LogP contribution < -0.4 is 5.32 Å². The monoisotopic (exact) mass is 211 g/mol. The molecule has 2 aliphatic rings. The summed E-state index contributed by atoms with van der Waals surface area (Å²) in [6.07, 6.45) is 3.60. The molecule has 2 aliphatic carbocycles. The second-order valence-electron chi connectivity index (χ2n) is 4.83. The highest BCUT2D eigenvalue weighted by Gasteiger charge is 2.44. The lowest BCUT2D eigenvalue weighted by atomic mass is 9.77. The SMILES string of the molecule is CC(=O)NC1[C@@H]2CC[C@H]1CC(C(=O)O)C2. The van der Waals surface area contributed by atoms with Gasteiger partial charge in [0, 0.05) is 13.0 Å². The van der Waals surface area contributed by atoms with E-state index in [2.05, 4.69) is 5.32 Å². The first-order valence-electron chi connectivity index (χ1n) is 5.58. The maximum absolute atomic E-state index is 11.0.